The van der Waals surface area contributed by atoms with Crippen LogP contribution in [-0.2, 0) is 4.74 Å². The molecule has 2 aliphatic rings. The molecule has 0 aromatic heterocycles. The van der Waals surface area contributed by atoms with Gasteiger partial charge >= 0.3 is 0 Å². The fourth-order valence-electron chi connectivity index (χ4n) is 3.57. The Morgan fingerprint density at radius 1 is 1.18 bits per heavy atom. The normalized spacial score (nSPS) is 28.0. The average Bonchev–Trinajstić information content (AvgIpc) is 2.50. The molecule has 1 N–H and O–H groups in total. The summed E-state index contributed by atoms with van der Waals surface area (Å²) in [5.41, 5.74) is 0. The van der Waals surface area contributed by atoms with Gasteiger partial charge in [-0.3, -0.25) is 9.89 Å². The predicted molar refractivity (Wildman–Crippen MR) is 92.4 cm³/mol. The van der Waals surface area contributed by atoms with Gasteiger partial charge in [-0.1, -0.05) is 13.8 Å². The molecule has 22 heavy (non-hydrogen) atoms. The Morgan fingerprint density at radius 3 is 2.50 bits per heavy atom. The number of hydrogen-bond donors (Lipinski definition) is 1. The Hall–Kier alpha value is -0.810. The molecule has 2 heterocycles. The third kappa shape index (κ3) is 5.76. The zero-order valence-corrected chi connectivity index (χ0v) is 14.7. The highest BCUT2D eigenvalue weighted by Gasteiger charge is 2.23. The summed E-state index contributed by atoms with van der Waals surface area (Å²) in [4.78, 5) is 9.80. The van der Waals surface area contributed by atoms with E-state index in [2.05, 4.69) is 35.9 Å². The van der Waals surface area contributed by atoms with E-state index in [1.165, 1.54) is 6.42 Å². The van der Waals surface area contributed by atoms with Gasteiger partial charge in [-0.15, -0.1) is 0 Å². The van der Waals surface area contributed by atoms with Crippen LogP contribution in [-0.4, -0.2) is 74.8 Å². The van der Waals surface area contributed by atoms with Crippen LogP contribution in [0.1, 0.15) is 33.6 Å². The topological polar surface area (TPSA) is 40.1 Å². The average molecular weight is 310 g/mol. The zero-order valence-electron chi connectivity index (χ0n) is 14.7. The van der Waals surface area contributed by atoms with Crippen molar-refractivity contribution in [1.29, 1.82) is 0 Å². The predicted octanol–water partition coefficient (Wildman–Crippen LogP) is 1.65. The minimum Gasteiger partial charge on any atom is -0.379 e. The summed E-state index contributed by atoms with van der Waals surface area (Å²) >= 11 is 0. The molecule has 2 rings (SSSR count). The first-order chi connectivity index (χ1) is 10.7. The molecule has 5 nitrogen and oxygen atoms in total. The number of ether oxygens (including phenoxy) is 1. The molecule has 2 fully saturated rings. The van der Waals surface area contributed by atoms with Crippen molar-refractivity contribution in [2.45, 2.75) is 33.6 Å². The smallest absolute Gasteiger partial charge is 0.193 e. The van der Waals surface area contributed by atoms with Crippen molar-refractivity contribution in [2.75, 3.05) is 59.0 Å². The van der Waals surface area contributed by atoms with E-state index in [0.29, 0.717) is 0 Å². The first-order valence-electron chi connectivity index (χ1n) is 9.02. The lowest BCUT2D eigenvalue weighted by Gasteiger charge is -2.37. The number of guanidine groups is 1. The molecule has 128 valence electrons. The number of rotatable bonds is 5. The minimum atomic E-state index is 0.765. The van der Waals surface area contributed by atoms with Crippen LogP contribution in [0.3, 0.4) is 0 Å². The molecule has 0 bridgehead atoms. The van der Waals surface area contributed by atoms with Crippen molar-refractivity contribution in [2.24, 2.45) is 16.8 Å². The van der Waals surface area contributed by atoms with Gasteiger partial charge in [-0.25, -0.2) is 0 Å². The maximum Gasteiger partial charge on any atom is 0.193 e. The highest BCUT2D eigenvalue weighted by atomic mass is 16.5. The fraction of sp³-hybridized carbons (Fsp3) is 0.941. The van der Waals surface area contributed by atoms with Crippen LogP contribution in [0.15, 0.2) is 4.99 Å². The number of likely N-dealkylation sites (tertiary alicyclic amines) is 1. The summed E-state index contributed by atoms with van der Waals surface area (Å²) in [7, 11) is 0. The number of aliphatic imine (C=N–C) groups is 1. The summed E-state index contributed by atoms with van der Waals surface area (Å²) < 4.78 is 5.39. The van der Waals surface area contributed by atoms with Crippen LogP contribution in [0.2, 0.25) is 0 Å². The number of morpholine rings is 1. The van der Waals surface area contributed by atoms with Crippen molar-refractivity contribution in [3.8, 4) is 0 Å². The Bertz CT molecular complexity index is 332. The molecule has 0 aliphatic carbocycles. The van der Waals surface area contributed by atoms with Crippen LogP contribution in [0.25, 0.3) is 0 Å². The number of piperidine rings is 1. The molecular weight excluding hydrogens is 276 g/mol. The van der Waals surface area contributed by atoms with Crippen LogP contribution < -0.4 is 5.32 Å². The van der Waals surface area contributed by atoms with E-state index in [1.54, 1.807) is 0 Å². The third-order valence-electron chi connectivity index (χ3n) is 4.50. The molecule has 0 aromatic rings. The molecule has 0 saturated carbocycles. The summed E-state index contributed by atoms with van der Waals surface area (Å²) in [5, 5.41) is 3.47. The number of nitrogens with one attached hydrogen (secondary N) is 1. The van der Waals surface area contributed by atoms with Gasteiger partial charge in [-0.2, -0.15) is 0 Å². The molecular formula is C17H34N4O. The van der Waals surface area contributed by atoms with Crippen molar-refractivity contribution in [1.82, 2.24) is 15.1 Å². The van der Waals surface area contributed by atoms with E-state index < -0.39 is 0 Å². The molecule has 0 spiro atoms. The quantitative estimate of drug-likeness (QED) is 0.476. The van der Waals surface area contributed by atoms with E-state index >= 15 is 0 Å². The lowest BCUT2D eigenvalue weighted by atomic mass is 9.92. The molecule has 2 saturated heterocycles. The lowest BCUT2D eigenvalue weighted by Crippen LogP contribution is -2.48. The monoisotopic (exact) mass is 310 g/mol. The molecule has 2 unspecified atom stereocenters. The van der Waals surface area contributed by atoms with E-state index in [0.717, 1.165) is 83.2 Å². The maximum atomic E-state index is 5.39. The van der Waals surface area contributed by atoms with Gasteiger partial charge in [0.1, 0.15) is 0 Å². The van der Waals surface area contributed by atoms with Gasteiger partial charge < -0.3 is 15.0 Å². The minimum absolute atomic E-state index is 0.765. The maximum absolute atomic E-state index is 5.39. The standard InChI is InChI=1S/C17H34N4O/c1-4-18-17(21-13-15(2)12-16(3)14-21)19-6-5-7-20-8-10-22-11-9-20/h15-16H,4-14H2,1-3H3,(H,18,19). The molecule has 0 amide bonds. The van der Waals surface area contributed by atoms with Gasteiger partial charge in [0.15, 0.2) is 5.96 Å². The SMILES string of the molecule is CCNC(=NCCCN1CCOCC1)N1CC(C)CC(C)C1. The molecule has 2 atom stereocenters. The van der Waals surface area contributed by atoms with Crippen molar-refractivity contribution < 1.29 is 4.74 Å². The zero-order chi connectivity index (χ0) is 15.8. The molecule has 0 radical (unpaired) electrons. The summed E-state index contributed by atoms with van der Waals surface area (Å²) in [5.74, 6) is 2.64. The Morgan fingerprint density at radius 2 is 1.86 bits per heavy atom. The molecule has 2 aliphatic heterocycles. The second-order valence-electron chi connectivity index (χ2n) is 6.89. The van der Waals surface area contributed by atoms with E-state index in [1.807, 2.05) is 0 Å². The number of hydrogen-bond acceptors (Lipinski definition) is 3. The highest BCUT2D eigenvalue weighted by Crippen LogP contribution is 2.20. The van der Waals surface area contributed by atoms with E-state index in [9.17, 15) is 0 Å². The summed E-state index contributed by atoms with van der Waals surface area (Å²) in [6, 6.07) is 0. The lowest BCUT2D eigenvalue weighted by molar-refractivity contribution is 0.0377. The van der Waals surface area contributed by atoms with Gasteiger partial charge in [-0.05, 0) is 31.6 Å². The first-order valence-corrected chi connectivity index (χ1v) is 9.02. The van der Waals surface area contributed by atoms with E-state index in [4.69, 9.17) is 9.73 Å². The van der Waals surface area contributed by atoms with Crippen LogP contribution >= 0.6 is 0 Å². The summed E-state index contributed by atoms with van der Waals surface area (Å²) in [6.07, 6.45) is 2.47. The van der Waals surface area contributed by atoms with Crippen molar-refractivity contribution in [3.63, 3.8) is 0 Å². The van der Waals surface area contributed by atoms with Gasteiger partial charge in [0, 0.05) is 45.8 Å². The van der Waals surface area contributed by atoms with Crippen molar-refractivity contribution in [3.05, 3.63) is 0 Å². The Labute approximate surface area is 136 Å². The molecule has 5 heteroatoms. The van der Waals surface area contributed by atoms with Crippen LogP contribution in [0, 0.1) is 11.8 Å². The fourth-order valence-corrected chi connectivity index (χ4v) is 3.57. The second kappa shape index (κ2) is 9.36. The summed E-state index contributed by atoms with van der Waals surface area (Å²) in [6.45, 7) is 16.1. The number of nitrogens with zero attached hydrogens (tertiary/aromatic N) is 3. The van der Waals surface area contributed by atoms with Gasteiger partial charge in [0.05, 0.1) is 13.2 Å². The Kier molecular flexibility index (Phi) is 7.46. The van der Waals surface area contributed by atoms with Crippen LogP contribution in [0.5, 0.6) is 0 Å². The molecule has 0 aromatic carbocycles. The first kappa shape index (κ1) is 17.5. The third-order valence-corrected chi connectivity index (χ3v) is 4.50. The van der Waals surface area contributed by atoms with Crippen molar-refractivity contribution >= 4 is 5.96 Å². The highest BCUT2D eigenvalue weighted by molar-refractivity contribution is 5.80. The van der Waals surface area contributed by atoms with Gasteiger partial charge in [0.2, 0.25) is 0 Å². The van der Waals surface area contributed by atoms with E-state index in [-0.39, 0.29) is 0 Å². The Balaban J connectivity index is 1.78. The van der Waals surface area contributed by atoms with Gasteiger partial charge in [0.25, 0.3) is 0 Å². The van der Waals surface area contributed by atoms with Crippen LogP contribution in [0.4, 0.5) is 0 Å². The largest absolute Gasteiger partial charge is 0.379 e. The second-order valence-corrected chi connectivity index (χ2v) is 6.89.